The van der Waals surface area contributed by atoms with E-state index in [4.69, 9.17) is 14.2 Å². The summed E-state index contributed by atoms with van der Waals surface area (Å²) in [7, 11) is 0. The Morgan fingerprint density at radius 3 is 0.778 bits per heavy atom. The van der Waals surface area contributed by atoms with Crippen molar-refractivity contribution in [3.05, 3.63) is 0 Å². The van der Waals surface area contributed by atoms with E-state index >= 15 is 0 Å². The summed E-state index contributed by atoms with van der Waals surface area (Å²) in [6.07, 6.45) is 52.4. The van der Waals surface area contributed by atoms with Crippen LogP contribution >= 0.6 is 0 Å². The van der Waals surface area contributed by atoms with Crippen LogP contribution in [0.1, 0.15) is 317 Å². The van der Waals surface area contributed by atoms with Crippen LogP contribution in [0.3, 0.4) is 0 Å². The molecule has 0 aromatic heterocycles. The Hall–Kier alpha value is -1.59. The highest BCUT2D eigenvalue weighted by atomic mass is 16.6. The molecule has 0 saturated carbocycles. The predicted octanol–water partition coefficient (Wildman–Crippen LogP) is 18.5. The maximum Gasteiger partial charge on any atom is 0.306 e. The Morgan fingerprint density at radius 1 is 0.302 bits per heavy atom. The zero-order valence-corrected chi connectivity index (χ0v) is 43.2. The van der Waals surface area contributed by atoms with Gasteiger partial charge in [0.1, 0.15) is 13.2 Å². The van der Waals surface area contributed by atoms with Crippen molar-refractivity contribution in [1.82, 2.24) is 0 Å². The lowest BCUT2D eigenvalue weighted by molar-refractivity contribution is -0.167. The first-order valence-corrected chi connectivity index (χ1v) is 28.2. The average molecular weight is 892 g/mol. The molecule has 1 atom stereocenters. The summed E-state index contributed by atoms with van der Waals surface area (Å²) in [4.78, 5) is 38.1. The molecule has 0 unspecified atom stereocenters. The smallest absolute Gasteiger partial charge is 0.306 e. The monoisotopic (exact) mass is 891 g/mol. The van der Waals surface area contributed by atoms with Crippen molar-refractivity contribution in [3.63, 3.8) is 0 Å². The van der Waals surface area contributed by atoms with Crippen LogP contribution in [0.5, 0.6) is 0 Å². The van der Waals surface area contributed by atoms with E-state index < -0.39 is 6.10 Å². The summed E-state index contributed by atoms with van der Waals surface area (Å²) in [6.45, 7) is 11.4. The molecule has 0 saturated heterocycles. The van der Waals surface area contributed by atoms with E-state index in [1.807, 2.05) is 0 Å². The molecular weight excluding hydrogens is 781 g/mol. The summed E-state index contributed by atoms with van der Waals surface area (Å²) < 4.78 is 16.9. The zero-order chi connectivity index (χ0) is 46.1. The van der Waals surface area contributed by atoms with E-state index in [0.717, 1.165) is 69.6 Å². The topological polar surface area (TPSA) is 78.9 Å². The van der Waals surface area contributed by atoms with Crippen LogP contribution in [-0.4, -0.2) is 37.2 Å². The number of unbranched alkanes of at least 4 members (excludes halogenated alkanes) is 36. The van der Waals surface area contributed by atoms with Gasteiger partial charge in [-0.1, -0.05) is 279 Å². The van der Waals surface area contributed by atoms with Gasteiger partial charge in [0.25, 0.3) is 0 Å². The Bertz CT molecular complexity index is 962. The second-order valence-electron chi connectivity index (χ2n) is 20.5. The van der Waals surface area contributed by atoms with E-state index in [0.29, 0.717) is 19.3 Å². The van der Waals surface area contributed by atoms with Gasteiger partial charge in [-0.15, -0.1) is 0 Å². The summed E-state index contributed by atoms with van der Waals surface area (Å²) in [6, 6.07) is 0. The Kier molecular flexibility index (Phi) is 48.6. The normalized spacial score (nSPS) is 12.0. The Labute approximate surface area is 393 Å². The minimum Gasteiger partial charge on any atom is -0.462 e. The molecular formula is C57H110O6. The lowest BCUT2D eigenvalue weighted by atomic mass is 10.0. The molecule has 0 amide bonds. The molecule has 0 aliphatic heterocycles. The first kappa shape index (κ1) is 61.4. The van der Waals surface area contributed by atoms with Crippen molar-refractivity contribution in [2.75, 3.05) is 13.2 Å². The van der Waals surface area contributed by atoms with Gasteiger partial charge >= 0.3 is 17.9 Å². The van der Waals surface area contributed by atoms with Crippen LogP contribution in [0.2, 0.25) is 0 Å². The van der Waals surface area contributed by atoms with Gasteiger partial charge in [-0.25, -0.2) is 0 Å². The van der Waals surface area contributed by atoms with Crippen molar-refractivity contribution < 1.29 is 28.6 Å². The fourth-order valence-corrected chi connectivity index (χ4v) is 8.70. The molecule has 0 N–H and O–H groups in total. The molecule has 0 rings (SSSR count). The molecule has 0 heterocycles. The second-order valence-corrected chi connectivity index (χ2v) is 20.5. The number of ether oxygens (including phenoxy) is 3. The van der Waals surface area contributed by atoms with E-state index in [1.165, 1.54) is 205 Å². The third-order valence-electron chi connectivity index (χ3n) is 13.0. The molecule has 0 radical (unpaired) electrons. The summed E-state index contributed by atoms with van der Waals surface area (Å²) >= 11 is 0. The third-order valence-corrected chi connectivity index (χ3v) is 13.0. The number of carbonyl (C=O) groups is 3. The molecule has 6 nitrogen and oxygen atoms in total. The highest BCUT2D eigenvalue weighted by molar-refractivity contribution is 5.71. The number of rotatable bonds is 51. The van der Waals surface area contributed by atoms with Gasteiger partial charge in [-0.3, -0.25) is 14.4 Å². The molecule has 0 spiro atoms. The fourth-order valence-electron chi connectivity index (χ4n) is 8.70. The first-order chi connectivity index (χ1) is 30.7. The van der Waals surface area contributed by atoms with Gasteiger partial charge in [0.05, 0.1) is 0 Å². The van der Waals surface area contributed by atoms with Crippen molar-refractivity contribution >= 4 is 17.9 Å². The van der Waals surface area contributed by atoms with E-state index in [2.05, 4.69) is 34.6 Å². The molecule has 0 fully saturated rings. The minimum absolute atomic E-state index is 0.0634. The third kappa shape index (κ3) is 51.3. The molecule has 0 aliphatic carbocycles. The van der Waals surface area contributed by atoms with Gasteiger partial charge in [-0.05, 0) is 31.1 Å². The summed E-state index contributed by atoms with van der Waals surface area (Å²) in [5.74, 6) is 0.799. The van der Waals surface area contributed by atoms with Gasteiger partial charge in [0, 0.05) is 19.3 Å². The highest BCUT2D eigenvalue weighted by Crippen LogP contribution is 2.18. The van der Waals surface area contributed by atoms with Crippen LogP contribution in [-0.2, 0) is 28.6 Å². The van der Waals surface area contributed by atoms with Crippen LogP contribution < -0.4 is 0 Å². The highest BCUT2D eigenvalue weighted by Gasteiger charge is 2.19. The molecule has 0 aliphatic rings. The largest absolute Gasteiger partial charge is 0.462 e. The maximum atomic E-state index is 12.8. The summed E-state index contributed by atoms with van der Waals surface area (Å²) in [5.41, 5.74) is 0. The maximum absolute atomic E-state index is 12.8. The number of hydrogen-bond acceptors (Lipinski definition) is 6. The van der Waals surface area contributed by atoms with E-state index in [1.54, 1.807) is 0 Å². The predicted molar refractivity (Wildman–Crippen MR) is 270 cm³/mol. The van der Waals surface area contributed by atoms with Gasteiger partial charge in [0.15, 0.2) is 6.10 Å². The van der Waals surface area contributed by atoms with Crippen molar-refractivity contribution in [3.8, 4) is 0 Å². The van der Waals surface area contributed by atoms with Crippen molar-refractivity contribution in [1.29, 1.82) is 0 Å². The number of hydrogen-bond donors (Lipinski definition) is 0. The number of carbonyl (C=O) groups excluding carboxylic acids is 3. The molecule has 374 valence electrons. The van der Waals surface area contributed by atoms with Gasteiger partial charge in [-0.2, -0.15) is 0 Å². The standard InChI is InChI=1S/C57H110O6/c1-6-7-8-9-10-11-12-13-14-17-20-23-26-32-37-42-47-55(58)61-50-54(63-57(60)49-44-39-34-29-28-31-36-41-46-53(4)5)51-62-56(59)48-43-38-33-27-24-21-18-15-16-19-22-25-30-35-40-45-52(2)3/h52-54H,6-51H2,1-5H3/t54-/m1/s1. The minimum atomic E-state index is -0.762. The Balaban J connectivity index is 4.25. The zero-order valence-electron chi connectivity index (χ0n) is 43.2. The number of esters is 3. The van der Waals surface area contributed by atoms with Gasteiger partial charge < -0.3 is 14.2 Å². The summed E-state index contributed by atoms with van der Waals surface area (Å²) in [5, 5.41) is 0. The van der Waals surface area contributed by atoms with E-state index in [9.17, 15) is 14.4 Å². The van der Waals surface area contributed by atoms with Crippen LogP contribution in [0.4, 0.5) is 0 Å². The fraction of sp³-hybridized carbons (Fsp3) is 0.947. The van der Waals surface area contributed by atoms with Crippen molar-refractivity contribution in [2.24, 2.45) is 11.8 Å². The SMILES string of the molecule is CCCCCCCCCCCCCCCCCCC(=O)OC[C@H](COC(=O)CCCCCCCCCCCCCCCCCC(C)C)OC(=O)CCCCCCCCCCC(C)C. The van der Waals surface area contributed by atoms with Crippen LogP contribution in [0, 0.1) is 11.8 Å². The van der Waals surface area contributed by atoms with Gasteiger partial charge in [0.2, 0.25) is 0 Å². The quantitative estimate of drug-likeness (QED) is 0.0344. The first-order valence-electron chi connectivity index (χ1n) is 28.2. The van der Waals surface area contributed by atoms with Crippen molar-refractivity contribution in [2.45, 2.75) is 323 Å². The molecule has 6 heteroatoms. The lowest BCUT2D eigenvalue weighted by Gasteiger charge is -2.18. The van der Waals surface area contributed by atoms with Crippen LogP contribution in [0.25, 0.3) is 0 Å². The lowest BCUT2D eigenvalue weighted by Crippen LogP contribution is -2.30. The second kappa shape index (κ2) is 49.8. The molecule has 63 heavy (non-hydrogen) atoms. The van der Waals surface area contributed by atoms with E-state index in [-0.39, 0.29) is 31.1 Å². The average Bonchev–Trinajstić information content (AvgIpc) is 3.25. The molecule has 0 aromatic rings. The molecule has 0 bridgehead atoms. The van der Waals surface area contributed by atoms with Crippen LogP contribution in [0.15, 0.2) is 0 Å². The Morgan fingerprint density at radius 2 is 0.524 bits per heavy atom. The molecule has 0 aromatic carbocycles.